The van der Waals surface area contributed by atoms with Crippen LogP contribution in [-0.2, 0) is 6.54 Å². The van der Waals surface area contributed by atoms with Crippen LogP contribution in [0, 0.1) is 5.41 Å². The van der Waals surface area contributed by atoms with Crippen LogP contribution in [0.5, 0.6) is 0 Å². The first-order chi connectivity index (χ1) is 9.60. The lowest BCUT2D eigenvalue weighted by atomic mass is 9.96. The molecule has 1 aromatic rings. The van der Waals surface area contributed by atoms with Crippen LogP contribution in [-0.4, -0.2) is 47.5 Å². The maximum absolute atomic E-state index is 12.3. The largest absolute Gasteiger partial charge is 0.478 e. The summed E-state index contributed by atoms with van der Waals surface area (Å²) in [5.41, 5.74) is 1.20. The standard InChI is InChI=1S/C16H24N2O3/c1-16(2,3)11-18(5)15(21)17(4)10-12-6-8-13(9-7-12)14(19)20/h6-9H,10-11H2,1-5H3,(H,19,20). The molecule has 0 spiro atoms. The van der Waals surface area contributed by atoms with Gasteiger partial charge in [-0.3, -0.25) is 0 Å². The van der Waals surface area contributed by atoms with Gasteiger partial charge in [0, 0.05) is 27.2 Å². The van der Waals surface area contributed by atoms with Gasteiger partial charge in [-0.25, -0.2) is 9.59 Å². The van der Waals surface area contributed by atoms with E-state index in [9.17, 15) is 9.59 Å². The average Bonchev–Trinajstić information content (AvgIpc) is 2.36. The summed E-state index contributed by atoms with van der Waals surface area (Å²) >= 11 is 0. The molecule has 1 aromatic carbocycles. The number of rotatable bonds is 4. The van der Waals surface area contributed by atoms with Crippen LogP contribution >= 0.6 is 0 Å². The number of carbonyl (C=O) groups is 2. The normalized spacial score (nSPS) is 11.1. The van der Waals surface area contributed by atoms with E-state index in [0.717, 1.165) is 5.56 Å². The number of hydrogen-bond acceptors (Lipinski definition) is 2. The van der Waals surface area contributed by atoms with Gasteiger partial charge in [-0.15, -0.1) is 0 Å². The Labute approximate surface area is 126 Å². The van der Waals surface area contributed by atoms with E-state index in [1.807, 2.05) is 0 Å². The number of urea groups is 1. The summed E-state index contributed by atoms with van der Waals surface area (Å²) in [5.74, 6) is -0.948. The Balaban J connectivity index is 2.65. The van der Waals surface area contributed by atoms with Crippen molar-refractivity contribution in [1.29, 1.82) is 0 Å². The molecule has 5 nitrogen and oxygen atoms in total. The monoisotopic (exact) mass is 292 g/mol. The highest BCUT2D eigenvalue weighted by molar-refractivity contribution is 5.87. The molecular weight excluding hydrogens is 268 g/mol. The fraction of sp³-hybridized carbons (Fsp3) is 0.500. The average molecular weight is 292 g/mol. The molecule has 21 heavy (non-hydrogen) atoms. The maximum Gasteiger partial charge on any atom is 0.335 e. The fourth-order valence-electron chi connectivity index (χ4n) is 2.16. The Kier molecular flexibility index (Phi) is 5.35. The Bertz CT molecular complexity index is 503. The number of carboxylic acid groups (broad SMARTS) is 1. The molecule has 0 bridgehead atoms. The molecule has 0 unspecified atom stereocenters. The van der Waals surface area contributed by atoms with Gasteiger partial charge in [0.1, 0.15) is 0 Å². The Morgan fingerprint density at radius 1 is 1.05 bits per heavy atom. The number of aromatic carboxylic acids is 1. The number of amides is 2. The molecule has 0 saturated carbocycles. The minimum Gasteiger partial charge on any atom is -0.478 e. The van der Waals surface area contributed by atoms with Crippen molar-refractivity contribution in [2.75, 3.05) is 20.6 Å². The molecule has 5 heteroatoms. The summed E-state index contributed by atoms with van der Waals surface area (Å²) < 4.78 is 0. The van der Waals surface area contributed by atoms with E-state index < -0.39 is 5.97 Å². The maximum atomic E-state index is 12.3. The summed E-state index contributed by atoms with van der Waals surface area (Å²) in [5, 5.41) is 8.86. The lowest BCUT2D eigenvalue weighted by molar-refractivity contribution is 0.0697. The molecule has 1 rings (SSSR count). The summed E-state index contributed by atoms with van der Waals surface area (Å²) in [6, 6.07) is 6.52. The van der Waals surface area contributed by atoms with Gasteiger partial charge >= 0.3 is 12.0 Å². The van der Waals surface area contributed by atoms with E-state index in [-0.39, 0.29) is 17.0 Å². The highest BCUT2D eigenvalue weighted by Crippen LogP contribution is 2.15. The first kappa shape index (κ1) is 17.0. The molecule has 0 saturated heterocycles. The molecule has 0 aliphatic carbocycles. The third-order valence-electron chi connectivity index (χ3n) is 2.99. The molecule has 0 fully saturated rings. The molecule has 1 N–H and O–H groups in total. The first-order valence-electron chi connectivity index (χ1n) is 6.88. The van der Waals surface area contributed by atoms with Crippen molar-refractivity contribution in [3.63, 3.8) is 0 Å². The third kappa shape index (κ3) is 5.45. The van der Waals surface area contributed by atoms with Crippen molar-refractivity contribution in [3.8, 4) is 0 Å². The molecule has 0 heterocycles. The zero-order valence-corrected chi connectivity index (χ0v) is 13.4. The highest BCUT2D eigenvalue weighted by atomic mass is 16.4. The number of carboxylic acids is 1. The van der Waals surface area contributed by atoms with Crippen molar-refractivity contribution in [2.24, 2.45) is 5.41 Å². The summed E-state index contributed by atoms with van der Waals surface area (Å²) in [6.45, 7) is 7.38. The van der Waals surface area contributed by atoms with E-state index in [1.54, 1.807) is 48.2 Å². The van der Waals surface area contributed by atoms with Crippen LogP contribution in [0.15, 0.2) is 24.3 Å². The summed E-state index contributed by atoms with van der Waals surface area (Å²) in [6.07, 6.45) is 0. The zero-order valence-electron chi connectivity index (χ0n) is 13.4. The van der Waals surface area contributed by atoms with Gasteiger partial charge in [-0.2, -0.15) is 0 Å². The molecular formula is C16H24N2O3. The van der Waals surface area contributed by atoms with Crippen molar-refractivity contribution in [3.05, 3.63) is 35.4 Å². The highest BCUT2D eigenvalue weighted by Gasteiger charge is 2.20. The lowest BCUT2D eigenvalue weighted by Crippen LogP contribution is -2.42. The number of hydrogen-bond donors (Lipinski definition) is 1. The van der Waals surface area contributed by atoms with Crippen LogP contribution in [0.3, 0.4) is 0 Å². The van der Waals surface area contributed by atoms with Gasteiger partial charge in [0.15, 0.2) is 0 Å². The molecule has 116 valence electrons. The molecule has 2 amide bonds. The molecule has 0 atom stereocenters. The Hall–Kier alpha value is -2.04. The topological polar surface area (TPSA) is 60.9 Å². The quantitative estimate of drug-likeness (QED) is 0.928. The van der Waals surface area contributed by atoms with E-state index in [0.29, 0.717) is 13.1 Å². The Morgan fingerprint density at radius 2 is 1.57 bits per heavy atom. The molecule has 0 aliphatic rings. The van der Waals surface area contributed by atoms with Gasteiger partial charge in [0.2, 0.25) is 0 Å². The molecule has 0 aliphatic heterocycles. The second kappa shape index (κ2) is 6.61. The fourth-order valence-corrected chi connectivity index (χ4v) is 2.16. The van der Waals surface area contributed by atoms with Crippen molar-refractivity contribution < 1.29 is 14.7 Å². The lowest BCUT2D eigenvalue weighted by Gasteiger charge is -2.30. The van der Waals surface area contributed by atoms with Crippen molar-refractivity contribution >= 4 is 12.0 Å². The van der Waals surface area contributed by atoms with Gasteiger partial charge in [-0.1, -0.05) is 32.9 Å². The van der Waals surface area contributed by atoms with Crippen LogP contribution in [0.2, 0.25) is 0 Å². The summed E-state index contributed by atoms with van der Waals surface area (Å²) in [4.78, 5) is 26.4. The molecule has 0 aromatic heterocycles. The van der Waals surface area contributed by atoms with E-state index in [1.165, 1.54) is 0 Å². The number of benzene rings is 1. The van der Waals surface area contributed by atoms with Gasteiger partial charge in [0.05, 0.1) is 5.56 Å². The van der Waals surface area contributed by atoms with Gasteiger partial charge in [0.25, 0.3) is 0 Å². The van der Waals surface area contributed by atoms with E-state index in [2.05, 4.69) is 20.8 Å². The van der Waals surface area contributed by atoms with Gasteiger partial charge in [-0.05, 0) is 23.1 Å². The minimum atomic E-state index is -0.948. The Morgan fingerprint density at radius 3 is 2.00 bits per heavy atom. The van der Waals surface area contributed by atoms with E-state index in [4.69, 9.17) is 5.11 Å². The summed E-state index contributed by atoms with van der Waals surface area (Å²) in [7, 11) is 3.53. The number of nitrogens with zero attached hydrogens (tertiary/aromatic N) is 2. The van der Waals surface area contributed by atoms with Gasteiger partial charge < -0.3 is 14.9 Å². The smallest absolute Gasteiger partial charge is 0.335 e. The van der Waals surface area contributed by atoms with Crippen LogP contribution in [0.4, 0.5) is 4.79 Å². The number of carbonyl (C=O) groups excluding carboxylic acids is 1. The SMILES string of the molecule is CN(Cc1ccc(C(=O)O)cc1)C(=O)N(C)CC(C)(C)C. The second-order valence-electron chi connectivity index (χ2n) is 6.56. The third-order valence-corrected chi connectivity index (χ3v) is 2.99. The van der Waals surface area contributed by atoms with Crippen LogP contribution in [0.1, 0.15) is 36.7 Å². The van der Waals surface area contributed by atoms with Crippen LogP contribution < -0.4 is 0 Å². The second-order valence-corrected chi connectivity index (χ2v) is 6.56. The molecule has 0 radical (unpaired) electrons. The predicted molar refractivity (Wildman–Crippen MR) is 82.3 cm³/mol. The minimum absolute atomic E-state index is 0.0489. The zero-order chi connectivity index (χ0) is 16.2. The van der Waals surface area contributed by atoms with Crippen molar-refractivity contribution in [2.45, 2.75) is 27.3 Å². The van der Waals surface area contributed by atoms with Crippen LogP contribution in [0.25, 0.3) is 0 Å². The van der Waals surface area contributed by atoms with E-state index >= 15 is 0 Å². The first-order valence-corrected chi connectivity index (χ1v) is 6.88. The van der Waals surface area contributed by atoms with Crippen molar-refractivity contribution in [1.82, 2.24) is 9.80 Å². The predicted octanol–water partition coefficient (Wildman–Crippen LogP) is 2.91.